The van der Waals surface area contributed by atoms with Gasteiger partial charge in [-0.15, -0.1) is 0 Å². The number of fused-ring (bicyclic) bond motifs is 1. The number of hydrogen-bond donors (Lipinski definition) is 2. The van der Waals surface area contributed by atoms with E-state index >= 15 is 4.39 Å². The normalized spacial score (nSPS) is 22.8. The second-order valence-electron chi connectivity index (χ2n) is 11.0. The van der Waals surface area contributed by atoms with E-state index in [2.05, 4.69) is 29.5 Å². The van der Waals surface area contributed by atoms with E-state index in [0.29, 0.717) is 36.1 Å². The number of nitrogens with two attached hydrogens (primary N) is 1. The highest BCUT2D eigenvalue weighted by atomic mass is 19.4. The zero-order valence-electron chi connectivity index (χ0n) is 23.9. The Hall–Kier alpha value is -3.43. The Morgan fingerprint density at radius 1 is 1.34 bits per heavy atom. The zero-order chi connectivity index (χ0) is 30.1. The molecule has 0 aromatic heterocycles. The topological polar surface area (TPSA) is 68.9 Å². The van der Waals surface area contributed by atoms with Crippen LogP contribution >= 0.6 is 0 Å². The van der Waals surface area contributed by atoms with Gasteiger partial charge in [-0.25, -0.2) is 4.39 Å². The summed E-state index contributed by atoms with van der Waals surface area (Å²) >= 11 is 0. The first-order valence-electron chi connectivity index (χ1n) is 13.6. The van der Waals surface area contributed by atoms with Crippen LogP contribution in [-0.4, -0.2) is 31.7 Å². The molecule has 0 unspecified atom stereocenters. The quantitative estimate of drug-likeness (QED) is 0.207. The first kappa shape index (κ1) is 30.5. The Morgan fingerprint density at radius 3 is 2.71 bits per heavy atom. The third kappa shape index (κ3) is 6.26. The van der Waals surface area contributed by atoms with Gasteiger partial charge in [-0.05, 0) is 63.3 Å². The molecular formula is C32H37F4N3O2. The fourth-order valence-electron chi connectivity index (χ4n) is 5.78. The van der Waals surface area contributed by atoms with Gasteiger partial charge < -0.3 is 20.5 Å². The van der Waals surface area contributed by atoms with Crippen LogP contribution in [0.4, 0.5) is 17.6 Å². The summed E-state index contributed by atoms with van der Waals surface area (Å²) in [6, 6.07) is 4.19. The molecular weight excluding hydrogens is 534 g/mol. The van der Waals surface area contributed by atoms with Crippen LogP contribution in [0.3, 0.4) is 0 Å². The summed E-state index contributed by atoms with van der Waals surface area (Å²) in [7, 11) is 1.60. The van der Waals surface area contributed by atoms with Crippen molar-refractivity contribution in [2.45, 2.75) is 57.8 Å². The van der Waals surface area contributed by atoms with Crippen molar-refractivity contribution in [3.63, 3.8) is 0 Å². The van der Waals surface area contributed by atoms with Crippen LogP contribution < -0.4 is 15.8 Å². The van der Waals surface area contributed by atoms with E-state index in [0.717, 1.165) is 42.0 Å². The molecule has 3 atom stereocenters. The maximum absolute atomic E-state index is 15.0. The van der Waals surface area contributed by atoms with Crippen LogP contribution in [0.2, 0.25) is 0 Å². The van der Waals surface area contributed by atoms with Gasteiger partial charge in [-0.3, -0.25) is 4.99 Å². The van der Waals surface area contributed by atoms with Crippen LogP contribution in [0.1, 0.15) is 72.5 Å². The SMILES string of the molecule is C=Cc1c(C(=N[C@H](C)c2cccc(C(F)(F)F)c2F)NC(=C)C)cc(C=C2CC[C@]3(N)COC[C@@H]3C2)c(OC)c1C. The Morgan fingerprint density at radius 2 is 2.07 bits per heavy atom. The van der Waals surface area contributed by atoms with Crippen LogP contribution in [-0.2, 0) is 10.9 Å². The largest absolute Gasteiger partial charge is 0.496 e. The number of amidine groups is 1. The predicted molar refractivity (Wildman–Crippen MR) is 155 cm³/mol. The van der Waals surface area contributed by atoms with Gasteiger partial charge in [0.25, 0.3) is 0 Å². The average Bonchev–Trinajstić information content (AvgIpc) is 3.28. The predicted octanol–water partition coefficient (Wildman–Crippen LogP) is 7.35. The number of alkyl halides is 3. The summed E-state index contributed by atoms with van der Waals surface area (Å²) in [4.78, 5) is 4.68. The minimum Gasteiger partial charge on any atom is -0.496 e. The summed E-state index contributed by atoms with van der Waals surface area (Å²) < 4.78 is 66.7. The summed E-state index contributed by atoms with van der Waals surface area (Å²) in [5, 5.41) is 3.14. The van der Waals surface area contributed by atoms with Crippen molar-refractivity contribution in [2.24, 2.45) is 16.6 Å². The number of aliphatic imine (C=N–C) groups is 1. The molecule has 1 heterocycles. The molecule has 0 spiro atoms. The molecule has 3 N–H and O–H groups in total. The van der Waals surface area contributed by atoms with Gasteiger partial charge in [-0.2, -0.15) is 13.2 Å². The number of nitrogens with zero attached hydrogens (tertiary/aromatic N) is 1. The molecule has 1 aliphatic carbocycles. The Balaban J connectivity index is 1.83. The highest BCUT2D eigenvalue weighted by molar-refractivity contribution is 6.04. The average molecular weight is 572 g/mol. The summed E-state index contributed by atoms with van der Waals surface area (Å²) in [5.74, 6) is -0.0896. The Bertz CT molecular complexity index is 1410. The van der Waals surface area contributed by atoms with E-state index in [1.54, 1.807) is 27.0 Å². The van der Waals surface area contributed by atoms with Gasteiger partial charge in [0.2, 0.25) is 0 Å². The Kier molecular flexibility index (Phi) is 8.80. The smallest absolute Gasteiger partial charge is 0.419 e. The summed E-state index contributed by atoms with van der Waals surface area (Å²) in [5.41, 5.74) is 9.56. The number of hydrogen-bond acceptors (Lipinski definition) is 4. The third-order valence-electron chi connectivity index (χ3n) is 7.98. The van der Waals surface area contributed by atoms with Gasteiger partial charge in [0.1, 0.15) is 17.4 Å². The molecule has 1 saturated carbocycles. The lowest BCUT2D eigenvalue weighted by Gasteiger charge is -2.35. The first-order chi connectivity index (χ1) is 19.3. The lowest BCUT2D eigenvalue weighted by molar-refractivity contribution is -0.140. The molecule has 9 heteroatoms. The molecule has 2 aromatic carbocycles. The summed E-state index contributed by atoms with van der Waals surface area (Å²) in [6.45, 7) is 14.3. The second kappa shape index (κ2) is 11.8. The van der Waals surface area contributed by atoms with Gasteiger partial charge in [0.15, 0.2) is 0 Å². The standard InChI is InChI=1S/C32H37F4N3O2/c1-7-24-19(4)29(40-6)22(13-21-11-12-31(37)17-41-16-23(31)14-21)15-26(24)30(38-18(2)3)39-20(5)25-9-8-10-27(28(25)33)32(34,35)36/h7-10,13,15,20,23H,1-2,11-12,14,16-17,37H2,3-6H3,(H,38,39)/t20-,23+,31+/m1/s1. The van der Waals surface area contributed by atoms with E-state index < -0.39 is 23.6 Å². The van der Waals surface area contributed by atoms with E-state index in [1.807, 2.05) is 13.0 Å². The van der Waals surface area contributed by atoms with Gasteiger partial charge in [-0.1, -0.05) is 43.0 Å². The van der Waals surface area contributed by atoms with Gasteiger partial charge in [0.05, 0.1) is 31.9 Å². The number of benzene rings is 2. The monoisotopic (exact) mass is 571 g/mol. The minimum atomic E-state index is -4.82. The number of methoxy groups -OCH3 is 1. The fraction of sp³-hybridized carbons (Fsp3) is 0.406. The second-order valence-corrected chi connectivity index (χ2v) is 11.0. The molecule has 0 amide bonds. The number of halogens is 4. The van der Waals surface area contributed by atoms with E-state index in [4.69, 9.17) is 15.2 Å². The molecule has 4 rings (SSSR count). The highest BCUT2D eigenvalue weighted by Crippen LogP contribution is 2.42. The lowest BCUT2D eigenvalue weighted by atomic mass is 9.73. The molecule has 1 saturated heterocycles. The summed E-state index contributed by atoms with van der Waals surface area (Å²) in [6.07, 6.45) is 1.43. The van der Waals surface area contributed by atoms with E-state index in [9.17, 15) is 13.2 Å². The number of nitrogens with one attached hydrogen (secondary N) is 1. The van der Waals surface area contributed by atoms with Crippen molar-refractivity contribution in [1.29, 1.82) is 0 Å². The van der Waals surface area contributed by atoms with Crippen molar-refractivity contribution in [3.05, 3.63) is 87.9 Å². The first-order valence-corrected chi connectivity index (χ1v) is 13.6. The van der Waals surface area contributed by atoms with Crippen molar-refractivity contribution in [3.8, 4) is 5.75 Å². The zero-order valence-corrected chi connectivity index (χ0v) is 23.9. The van der Waals surface area contributed by atoms with Crippen LogP contribution in [0, 0.1) is 18.7 Å². The van der Waals surface area contributed by atoms with Crippen LogP contribution in [0.5, 0.6) is 5.75 Å². The molecule has 0 bridgehead atoms. The Labute approximate surface area is 238 Å². The number of ether oxygens (including phenoxy) is 2. The number of allylic oxidation sites excluding steroid dienone is 2. The lowest BCUT2D eigenvalue weighted by Crippen LogP contribution is -2.49. The maximum atomic E-state index is 15.0. The van der Waals surface area contributed by atoms with E-state index in [1.165, 1.54) is 17.7 Å². The molecule has 2 fully saturated rings. The molecule has 41 heavy (non-hydrogen) atoms. The minimum absolute atomic E-state index is 0.167. The van der Waals surface area contributed by atoms with Crippen molar-refractivity contribution < 1.29 is 27.0 Å². The van der Waals surface area contributed by atoms with Crippen LogP contribution in [0.15, 0.2) is 53.7 Å². The highest BCUT2D eigenvalue weighted by Gasteiger charge is 2.43. The number of rotatable bonds is 7. The molecule has 2 aliphatic rings. The van der Waals surface area contributed by atoms with Crippen LogP contribution in [0.25, 0.3) is 12.2 Å². The molecule has 2 aromatic rings. The van der Waals surface area contributed by atoms with Crippen molar-refractivity contribution in [2.75, 3.05) is 20.3 Å². The van der Waals surface area contributed by atoms with Crippen molar-refractivity contribution in [1.82, 2.24) is 5.32 Å². The fourth-order valence-corrected chi connectivity index (χ4v) is 5.78. The van der Waals surface area contributed by atoms with E-state index in [-0.39, 0.29) is 17.0 Å². The molecule has 220 valence electrons. The molecule has 5 nitrogen and oxygen atoms in total. The van der Waals surface area contributed by atoms with Gasteiger partial charge >= 0.3 is 6.18 Å². The molecule has 0 radical (unpaired) electrons. The third-order valence-corrected chi connectivity index (χ3v) is 7.98. The maximum Gasteiger partial charge on any atom is 0.419 e. The molecule has 1 aliphatic heterocycles. The van der Waals surface area contributed by atoms with Crippen molar-refractivity contribution >= 4 is 18.0 Å². The van der Waals surface area contributed by atoms with Gasteiger partial charge in [0, 0.05) is 33.8 Å².